The minimum Gasteiger partial charge on any atom is -0.293 e. The quantitative estimate of drug-likeness (QED) is 0.485. The second-order valence-corrected chi connectivity index (χ2v) is 5.78. The lowest BCUT2D eigenvalue weighted by molar-refractivity contribution is 0.0994. The standard InChI is InChI=1S/C15H16N2OS/c1-10-4-6-13(7-5-10)14(18)12(3)19-15-16-9-8-11(2)17-15/h4-9,12H,1-3H3. The largest absolute Gasteiger partial charge is 0.293 e. The van der Waals surface area contributed by atoms with Crippen LogP contribution in [0.4, 0.5) is 0 Å². The second-order valence-electron chi connectivity index (χ2n) is 4.47. The van der Waals surface area contributed by atoms with E-state index in [0.29, 0.717) is 5.16 Å². The molecule has 0 amide bonds. The molecular weight excluding hydrogens is 256 g/mol. The maximum Gasteiger partial charge on any atom is 0.188 e. The molecule has 1 heterocycles. The predicted molar refractivity (Wildman–Crippen MR) is 77.6 cm³/mol. The number of hydrogen-bond acceptors (Lipinski definition) is 4. The number of aryl methyl sites for hydroxylation is 2. The van der Waals surface area contributed by atoms with Gasteiger partial charge in [-0.3, -0.25) is 4.79 Å². The third-order valence-corrected chi connectivity index (χ3v) is 3.74. The van der Waals surface area contributed by atoms with Gasteiger partial charge < -0.3 is 0 Å². The molecule has 0 N–H and O–H groups in total. The van der Waals surface area contributed by atoms with Crippen LogP contribution < -0.4 is 0 Å². The number of carbonyl (C=O) groups is 1. The van der Waals surface area contributed by atoms with Crippen molar-refractivity contribution in [2.24, 2.45) is 0 Å². The molecule has 1 atom stereocenters. The highest BCUT2D eigenvalue weighted by Crippen LogP contribution is 2.22. The molecule has 2 rings (SSSR count). The molecule has 0 aliphatic rings. The summed E-state index contributed by atoms with van der Waals surface area (Å²) in [4.78, 5) is 20.7. The van der Waals surface area contributed by atoms with Crippen molar-refractivity contribution < 1.29 is 4.79 Å². The van der Waals surface area contributed by atoms with E-state index in [1.54, 1.807) is 6.20 Å². The monoisotopic (exact) mass is 272 g/mol. The molecule has 0 bridgehead atoms. The third-order valence-electron chi connectivity index (χ3n) is 2.76. The van der Waals surface area contributed by atoms with Crippen LogP contribution >= 0.6 is 11.8 Å². The van der Waals surface area contributed by atoms with Crippen LogP contribution in [0.15, 0.2) is 41.7 Å². The summed E-state index contributed by atoms with van der Waals surface area (Å²) in [6, 6.07) is 9.48. The smallest absolute Gasteiger partial charge is 0.188 e. The summed E-state index contributed by atoms with van der Waals surface area (Å²) in [6.45, 7) is 5.81. The Labute approximate surface area is 117 Å². The Bertz CT molecular complexity index is 581. The Morgan fingerprint density at radius 3 is 2.47 bits per heavy atom. The molecule has 0 spiro atoms. The van der Waals surface area contributed by atoms with Gasteiger partial charge in [0.2, 0.25) is 0 Å². The van der Waals surface area contributed by atoms with Crippen molar-refractivity contribution >= 4 is 17.5 Å². The fraction of sp³-hybridized carbons (Fsp3) is 0.267. The van der Waals surface area contributed by atoms with E-state index < -0.39 is 0 Å². The Balaban J connectivity index is 2.09. The van der Waals surface area contributed by atoms with E-state index in [0.717, 1.165) is 16.8 Å². The summed E-state index contributed by atoms with van der Waals surface area (Å²) >= 11 is 1.39. The van der Waals surface area contributed by atoms with Crippen LogP contribution in [0, 0.1) is 13.8 Å². The van der Waals surface area contributed by atoms with Crippen LogP contribution in [0.2, 0.25) is 0 Å². The van der Waals surface area contributed by atoms with Gasteiger partial charge in [-0.05, 0) is 26.8 Å². The summed E-state index contributed by atoms with van der Waals surface area (Å²) in [5.74, 6) is 0.107. The first-order valence-corrected chi connectivity index (χ1v) is 7.01. The van der Waals surface area contributed by atoms with Crippen LogP contribution in [-0.4, -0.2) is 21.0 Å². The van der Waals surface area contributed by atoms with E-state index in [4.69, 9.17) is 0 Å². The highest BCUT2D eigenvalue weighted by molar-refractivity contribution is 8.00. The van der Waals surface area contributed by atoms with Crippen molar-refractivity contribution in [3.05, 3.63) is 53.3 Å². The minimum absolute atomic E-state index is 0.107. The lowest BCUT2D eigenvalue weighted by Crippen LogP contribution is -2.14. The Morgan fingerprint density at radius 2 is 1.84 bits per heavy atom. The summed E-state index contributed by atoms with van der Waals surface area (Å²) < 4.78 is 0. The van der Waals surface area contributed by atoms with E-state index in [9.17, 15) is 4.79 Å². The molecule has 0 aliphatic heterocycles. The van der Waals surface area contributed by atoms with E-state index in [1.807, 2.05) is 51.1 Å². The molecule has 0 saturated carbocycles. The number of nitrogens with zero attached hydrogens (tertiary/aromatic N) is 2. The van der Waals surface area contributed by atoms with Gasteiger partial charge in [-0.1, -0.05) is 41.6 Å². The SMILES string of the molecule is Cc1ccc(C(=O)C(C)Sc2nccc(C)n2)cc1. The molecule has 0 radical (unpaired) electrons. The number of Topliss-reactive ketones (excluding diaryl/α,β-unsaturated/α-hetero) is 1. The molecule has 0 saturated heterocycles. The molecule has 1 aromatic carbocycles. The highest BCUT2D eigenvalue weighted by Gasteiger charge is 2.17. The molecule has 0 aliphatic carbocycles. The van der Waals surface area contributed by atoms with Crippen molar-refractivity contribution in [2.45, 2.75) is 31.2 Å². The molecule has 19 heavy (non-hydrogen) atoms. The van der Waals surface area contributed by atoms with Gasteiger partial charge in [0.15, 0.2) is 10.9 Å². The van der Waals surface area contributed by atoms with Gasteiger partial charge in [-0.2, -0.15) is 0 Å². The molecule has 98 valence electrons. The van der Waals surface area contributed by atoms with Gasteiger partial charge in [0.25, 0.3) is 0 Å². The van der Waals surface area contributed by atoms with Crippen LogP contribution in [0.5, 0.6) is 0 Å². The Morgan fingerprint density at radius 1 is 1.16 bits per heavy atom. The fourth-order valence-electron chi connectivity index (χ4n) is 1.65. The second kappa shape index (κ2) is 5.97. The fourth-order valence-corrected chi connectivity index (χ4v) is 2.52. The Kier molecular flexibility index (Phi) is 4.32. The molecular formula is C15H16N2OS. The van der Waals surface area contributed by atoms with Gasteiger partial charge in [-0.25, -0.2) is 9.97 Å². The maximum atomic E-state index is 12.3. The lowest BCUT2D eigenvalue weighted by Gasteiger charge is -2.09. The van der Waals surface area contributed by atoms with Crippen LogP contribution in [-0.2, 0) is 0 Å². The molecule has 3 nitrogen and oxygen atoms in total. The number of aromatic nitrogens is 2. The van der Waals surface area contributed by atoms with E-state index in [-0.39, 0.29) is 11.0 Å². The van der Waals surface area contributed by atoms with Gasteiger partial charge in [0.05, 0.1) is 5.25 Å². The summed E-state index contributed by atoms with van der Waals surface area (Å²) in [5.41, 5.74) is 2.80. The normalized spacial score (nSPS) is 12.2. The maximum absolute atomic E-state index is 12.3. The van der Waals surface area contributed by atoms with E-state index in [1.165, 1.54) is 11.8 Å². The van der Waals surface area contributed by atoms with Crippen LogP contribution in [0.3, 0.4) is 0 Å². The van der Waals surface area contributed by atoms with Crippen molar-refractivity contribution in [1.29, 1.82) is 0 Å². The minimum atomic E-state index is -0.190. The van der Waals surface area contributed by atoms with Gasteiger partial charge in [0.1, 0.15) is 0 Å². The van der Waals surface area contributed by atoms with Crippen LogP contribution in [0.1, 0.15) is 28.5 Å². The van der Waals surface area contributed by atoms with E-state index >= 15 is 0 Å². The number of hydrogen-bond donors (Lipinski definition) is 0. The van der Waals surface area contributed by atoms with Crippen molar-refractivity contribution in [2.75, 3.05) is 0 Å². The zero-order valence-corrected chi connectivity index (χ0v) is 12.1. The summed E-state index contributed by atoms with van der Waals surface area (Å²) in [7, 11) is 0. The van der Waals surface area contributed by atoms with Crippen LogP contribution in [0.25, 0.3) is 0 Å². The number of rotatable bonds is 4. The molecule has 1 aromatic heterocycles. The predicted octanol–water partition coefficient (Wildman–Crippen LogP) is 3.46. The third kappa shape index (κ3) is 3.64. The Hall–Kier alpha value is -1.68. The van der Waals surface area contributed by atoms with E-state index in [2.05, 4.69) is 9.97 Å². The van der Waals surface area contributed by atoms with Crippen molar-refractivity contribution in [3.8, 4) is 0 Å². The van der Waals surface area contributed by atoms with Gasteiger partial charge in [0, 0.05) is 17.5 Å². The molecule has 4 heteroatoms. The first kappa shape index (κ1) is 13.7. The zero-order valence-electron chi connectivity index (χ0n) is 11.3. The lowest BCUT2D eigenvalue weighted by atomic mass is 10.1. The summed E-state index contributed by atoms with van der Waals surface area (Å²) in [5, 5.41) is 0.456. The number of carbonyl (C=O) groups excluding carboxylic acids is 1. The van der Waals surface area contributed by atoms with Crippen molar-refractivity contribution in [1.82, 2.24) is 9.97 Å². The molecule has 2 aromatic rings. The number of ketones is 1. The van der Waals surface area contributed by atoms with Gasteiger partial charge >= 0.3 is 0 Å². The zero-order chi connectivity index (χ0) is 13.8. The molecule has 1 unspecified atom stereocenters. The molecule has 0 fully saturated rings. The number of thioether (sulfide) groups is 1. The average molecular weight is 272 g/mol. The summed E-state index contributed by atoms with van der Waals surface area (Å²) in [6.07, 6.45) is 1.72. The highest BCUT2D eigenvalue weighted by atomic mass is 32.2. The average Bonchev–Trinajstić information content (AvgIpc) is 2.39. The first-order valence-electron chi connectivity index (χ1n) is 6.13. The topological polar surface area (TPSA) is 42.9 Å². The number of benzene rings is 1. The van der Waals surface area contributed by atoms with Gasteiger partial charge in [-0.15, -0.1) is 0 Å². The first-order chi connectivity index (χ1) is 9.06. The van der Waals surface area contributed by atoms with Crippen molar-refractivity contribution in [3.63, 3.8) is 0 Å².